The predicted octanol–water partition coefficient (Wildman–Crippen LogP) is 4.39. The van der Waals surface area contributed by atoms with E-state index in [1.165, 1.54) is 24.8 Å². The molecule has 4 nitrogen and oxygen atoms in total. The molecule has 0 spiro atoms. The molecule has 0 bridgehead atoms. The largest absolute Gasteiger partial charge is 0.297 e. The maximum atomic E-state index is 12.8. The van der Waals surface area contributed by atoms with Crippen LogP contribution in [-0.4, -0.2) is 27.4 Å². The Kier molecular flexibility index (Phi) is 5.83. The van der Waals surface area contributed by atoms with Crippen molar-refractivity contribution >= 4 is 15.9 Å². The van der Waals surface area contributed by atoms with Gasteiger partial charge in [0, 0.05) is 13.6 Å². The zero-order valence-corrected chi connectivity index (χ0v) is 17.8. The molecular weight excluding hydrogens is 414 g/mol. The van der Waals surface area contributed by atoms with Crippen molar-refractivity contribution in [3.63, 3.8) is 0 Å². The van der Waals surface area contributed by atoms with Crippen molar-refractivity contribution in [1.29, 1.82) is 0 Å². The first-order valence-electron chi connectivity index (χ1n) is 9.91. The molecule has 0 N–H and O–H groups in total. The first kappa shape index (κ1) is 19.2. The van der Waals surface area contributed by atoms with Crippen LogP contribution in [0.5, 0.6) is 0 Å². The summed E-state index contributed by atoms with van der Waals surface area (Å²) in [6.07, 6.45) is 3.58. The minimum atomic E-state index is 0.00247. The highest BCUT2D eigenvalue weighted by molar-refractivity contribution is 9.10. The smallest absolute Gasteiger partial charge is 0.286 e. The van der Waals surface area contributed by atoms with Crippen LogP contribution in [0.2, 0.25) is 0 Å². The average molecular weight is 440 g/mol. The van der Waals surface area contributed by atoms with Crippen molar-refractivity contribution in [3.05, 3.63) is 86.7 Å². The standard InChI is InChI=1S/C23H26BrN3O/c1-25-21(22(24)23(28)27(25)20-10-6-3-7-11-20)17-26-14-12-19(13-15-26)16-18-8-4-2-5-9-18/h2-11,19H,12-17H2,1H3. The van der Waals surface area contributed by atoms with Crippen LogP contribution in [0.15, 0.2) is 69.9 Å². The first-order chi connectivity index (χ1) is 13.6. The first-order valence-corrected chi connectivity index (χ1v) is 10.7. The van der Waals surface area contributed by atoms with E-state index in [4.69, 9.17) is 0 Å². The summed E-state index contributed by atoms with van der Waals surface area (Å²) in [6.45, 7) is 2.95. The molecule has 2 heterocycles. The maximum Gasteiger partial charge on any atom is 0.286 e. The second-order valence-corrected chi connectivity index (χ2v) is 8.44. The van der Waals surface area contributed by atoms with Gasteiger partial charge in [0.1, 0.15) is 4.47 Å². The van der Waals surface area contributed by atoms with Crippen LogP contribution in [0.25, 0.3) is 5.69 Å². The molecule has 0 amide bonds. The summed E-state index contributed by atoms with van der Waals surface area (Å²) in [5, 5.41) is 0. The molecule has 0 unspecified atom stereocenters. The van der Waals surface area contributed by atoms with Gasteiger partial charge in [-0.2, -0.15) is 0 Å². The number of rotatable bonds is 5. The van der Waals surface area contributed by atoms with Gasteiger partial charge in [0.2, 0.25) is 0 Å². The van der Waals surface area contributed by atoms with E-state index in [2.05, 4.69) is 51.2 Å². The third-order valence-electron chi connectivity index (χ3n) is 5.77. The maximum absolute atomic E-state index is 12.8. The molecule has 0 atom stereocenters. The summed E-state index contributed by atoms with van der Waals surface area (Å²) in [5.74, 6) is 0.750. The van der Waals surface area contributed by atoms with Gasteiger partial charge in [0.15, 0.2) is 0 Å². The van der Waals surface area contributed by atoms with E-state index in [-0.39, 0.29) is 5.56 Å². The van der Waals surface area contributed by atoms with Crippen molar-refractivity contribution in [2.75, 3.05) is 13.1 Å². The predicted molar refractivity (Wildman–Crippen MR) is 117 cm³/mol. The molecule has 1 saturated heterocycles. The molecule has 4 rings (SSSR count). The number of piperidine rings is 1. The number of hydrogen-bond acceptors (Lipinski definition) is 2. The van der Waals surface area contributed by atoms with Gasteiger partial charge in [-0.05, 0) is 71.9 Å². The highest BCUT2D eigenvalue weighted by Crippen LogP contribution is 2.24. The molecule has 5 heteroatoms. The molecule has 146 valence electrons. The van der Waals surface area contributed by atoms with Gasteiger partial charge in [0.25, 0.3) is 5.56 Å². The molecule has 1 aromatic heterocycles. The lowest BCUT2D eigenvalue weighted by atomic mass is 9.90. The number of hydrogen-bond donors (Lipinski definition) is 0. The normalized spacial score (nSPS) is 15.8. The van der Waals surface area contributed by atoms with Crippen LogP contribution in [0.3, 0.4) is 0 Å². The Hall–Kier alpha value is -2.11. The highest BCUT2D eigenvalue weighted by atomic mass is 79.9. The second kappa shape index (κ2) is 8.50. The van der Waals surface area contributed by atoms with E-state index >= 15 is 0 Å². The fourth-order valence-corrected chi connectivity index (χ4v) is 4.70. The monoisotopic (exact) mass is 439 g/mol. The number of halogens is 1. The summed E-state index contributed by atoms with van der Waals surface area (Å²) >= 11 is 3.55. The number of aromatic nitrogens is 2. The SMILES string of the molecule is Cn1c(CN2CCC(Cc3ccccc3)CC2)c(Br)c(=O)n1-c1ccccc1. The zero-order valence-electron chi connectivity index (χ0n) is 16.2. The Morgan fingerprint density at radius 1 is 0.964 bits per heavy atom. The van der Waals surface area contributed by atoms with E-state index in [1.54, 1.807) is 4.68 Å². The zero-order chi connectivity index (χ0) is 19.5. The number of nitrogens with zero attached hydrogens (tertiary/aromatic N) is 3. The van der Waals surface area contributed by atoms with Gasteiger partial charge in [-0.3, -0.25) is 14.4 Å². The Balaban J connectivity index is 1.44. The van der Waals surface area contributed by atoms with Crippen molar-refractivity contribution in [3.8, 4) is 5.69 Å². The Bertz CT molecular complexity index is 970. The topological polar surface area (TPSA) is 30.2 Å². The van der Waals surface area contributed by atoms with E-state index in [0.717, 1.165) is 36.9 Å². The van der Waals surface area contributed by atoms with Gasteiger partial charge in [-0.1, -0.05) is 48.5 Å². The molecular formula is C23H26BrN3O. The van der Waals surface area contributed by atoms with Crippen LogP contribution in [0, 0.1) is 5.92 Å². The second-order valence-electron chi connectivity index (χ2n) is 7.65. The Morgan fingerprint density at radius 2 is 1.57 bits per heavy atom. The Morgan fingerprint density at radius 3 is 2.21 bits per heavy atom. The van der Waals surface area contributed by atoms with E-state index in [9.17, 15) is 4.79 Å². The minimum absolute atomic E-state index is 0.00247. The van der Waals surface area contributed by atoms with E-state index in [0.29, 0.717) is 4.47 Å². The summed E-state index contributed by atoms with van der Waals surface area (Å²) in [6, 6.07) is 20.6. The number of likely N-dealkylation sites (tertiary alicyclic amines) is 1. The quantitative estimate of drug-likeness (QED) is 0.589. The van der Waals surface area contributed by atoms with Crippen molar-refractivity contribution in [2.45, 2.75) is 25.8 Å². The van der Waals surface area contributed by atoms with Crippen molar-refractivity contribution in [2.24, 2.45) is 13.0 Å². The molecule has 1 aliphatic heterocycles. The molecule has 28 heavy (non-hydrogen) atoms. The summed E-state index contributed by atoms with van der Waals surface area (Å²) in [5.41, 5.74) is 3.37. The van der Waals surface area contributed by atoms with Crippen LogP contribution in [0.1, 0.15) is 24.1 Å². The third-order valence-corrected chi connectivity index (χ3v) is 6.57. The highest BCUT2D eigenvalue weighted by Gasteiger charge is 2.23. The van der Waals surface area contributed by atoms with Crippen molar-refractivity contribution < 1.29 is 0 Å². The van der Waals surface area contributed by atoms with Crippen LogP contribution < -0.4 is 5.56 Å². The van der Waals surface area contributed by atoms with Crippen LogP contribution in [-0.2, 0) is 20.0 Å². The van der Waals surface area contributed by atoms with Gasteiger partial charge < -0.3 is 0 Å². The lowest BCUT2D eigenvalue weighted by Crippen LogP contribution is -2.34. The van der Waals surface area contributed by atoms with Crippen molar-refractivity contribution in [1.82, 2.24) is 14.3 Å². The fourth-order valence-electron chi connectivity index (χ4n) is 4.15. The lowest BCUT2D eigenvalue weighted by molar-refractivity contribution is 0.173. The molecule has 0 aliphatic carbocycles. The molecule has 1 fully saturated rings. The number of para-hydroxylation sites is 1. The third kappa shape index (κ3) is 4.01. The summed E-state index contributed by atoms with van der Waals surface area (Å²) in [7, 11) is 1.97. The lowest BCUT2D eigenvalue weighted by Gasteiger charge is -2.32. The van der Waals surface area contributed by atoms with E-state index < -0.39 is 0 Å². The van der Waals surface area contributed by atoms with Gasteiger partial charge in [0.05, 0.1) is 11.4 Å². The van der Waals surface area contributed by atoms with Crippen LogP contribution in [0.4, 0.5) is 0 Å². The van der Waals surface area contributed by atoms with Gasteiger partial charge in [-0.15, -0.1) is 0 Å². The summed E-state index contributed by atoms with van der Waals surface area (Å²) < 4.78 is 4.39. The fraction of sp³-hybridized carbons (Fsp3) is 0.348. The van der Waals surface area contributed by atoms with Gasteiger partial charge >= 0.3 is 0 Å². The molecule has 3 aromatic rings. The average Bonchev–Trinajstić information content (AvgIpc) is 2.94. The van der Waals surface area contributed by atoms with E-state index in [1.807, 2.05) is 42.1 Å². The molecule has 1 aliphatic rings. The summed E-state index contributed by atoms with van der Waals surface area (Å²) in [4.78, 5) is 15.3. The number of benzene rings is 2. The molecule has 0 saturated carbocycles. The molecule has 2 aromatic carbocycles. The Labute approximate surface area is 174 Å². The van der Waals surface area contributed by atoms with Crippen LogP contribution >= 0.6 is 15.9 Å². The van der Waals surface area contributed by atoms with Gasteiger partial charge in [-0.25, -0.2) is 4.68 Å². The minimum Gasteiger partial charge on any atom is -0.297 e. The molecule has 0 radical (unpaired) electrons.